The Bertz CT molecular complexity index is 1070. The summed E-state index contributed by atoms with van der Waals surface area (Å²) in [6.07, 6.45) is 2.73. The largest absolute Gasteiger partial charge is 0.497 e. The minimum atomic E-state index is -0.131. The van der Waals surface area contributed by atoms with Crippen LogP contribution >= 0.6 is 11.3 Å². The van der Waals surface area contributed by atoms with Gasteiger partial charge in [0.2, 0.25) is 5.82 Å². The molecule has 0 N–H and O–H groups in total. The van der Waals surface area contributed by atoms with E-state index in [-0.39, 0.29) is 5.91 Å². The zero-order valence-corrected chi connectivity index (χ0v) is 18.4. The number of hydrogen-bond donors (Lipinski definition) is 0. The second kappa shape index (κ2) is 8.89. The van der Waals surface area contributed by atoms with Gasteiger partial charge >= 0.3 is 0 Å². The molecule has 0 aliphatic carbocycles. The fourth-order valence-electron chi connectivity index (χ4n) is 4.13. The molecule has 5 rings (SSSR count). The maximum Gasteiger partial charge on any atom is 0.298 e. The molecule has 0 bridgehead atoms. The molecule has 0 spiro atoms. The van der Waals surface area contributed by atoms with Gasteiger partial charge in [0.25, 0.3) is 5.91 Å². The molecule has 164 valence electrons. The standard InChI is InChI=1S/C21H26N6O3S/c1-29-15-5-6-17-16(14-15)22-21(31-17)27(9-3-7-25-10-12-30-13-11-25)20(28)19-24-23-18-4-2-8-26(18)19/h5-6,14H,2-4,7-13H2,1H3. The van der Waals surface area contributed by atoms with Crippen molar-refractivity contribution in [3.05, 3.63) is 29.8 Å². The number of ether oxygens (including phenoxy) is 2. The fourth-order valence-corrected chi connectivity index (χ4v) is 5.10. The van der Waals surface area contributed by atoms with E-state index in [0.29, 0.717) is 17.5 Å². The maximum atomic E-state index is 13.6. The predicted octanol–water partition coefficient (Wildman–Crippen LogP) is 2.21. The quantitative estimate of drug-likeness (QED) is 0.555. The second-order valence-electron chi connectivity index (χ2n) is 7.79. The van der Waals surface area contributed by atoms with Crippen molar-refractivity contribution in [3.63, 3.8) is 0 Å². The number of thiazole rings is 1. The summed E-state index contributed by atoms with van der Waals surface area (Å²) < 4.78 is 13.7. The number of morpholine rings is 1. The van der Waals surface area contributed by atoms with Crippen LogP contribution in [0.3, 0.4) is 0 Å². The number of aryl methyl sites for hydroxylation is 1. The van der Waals surface area contributed by atoms with Gasteiger partial charge in [-0.05, 0) is 25.0 Å². The van der Waals surface area contributed by atoms with Gasteiger partial charge in [0, 0.05) is 45.2 Å². The lowest BCUT2D eigenvalue weighted by molar-refractivity contribution is 0.0376. The van der Waals surface area contributed by atoms with E-state index in [4.69, 9.17) is 14.5 Å². The summed E-state index contributed by atoms with van der Waals surface area (Å²) in [5, 5.41) is 9.12. The Labute approximate surface area is 184 Å². The van der Waals surface area contributed by atoms with E-state index in [1.165, 1.54) is 11.3 Å². The minimum absolute atomic E-state index is 0.131. The summed E-state index contributed by atoms with van der Waals surface area (Å²) in [5.74, 6) is 1.93. The Morgan fingerprint density at radius 2 is 2.13 bits per heavy atom. The number of amides is 1. The molecule has 1 amide bonds. The second-order valence-corrected chi connectivity index (χ2v) is 8.80. The predicted molar refractivity (Wildman–Crippen MR) is 118 cm³/mol. The monoisotopic (exact) mass is 442 g/mol. The molecule has 10 heteroatoms. The topological polar surface area (TPSA) is 85.6 Å². The number of benzene rings is 1. The molecule has 1 aromatic carbocycles. The molecular formula is C21H26N6O3S. The first-order valence-electron chi connectivity index (χ1n) is 10.7. The van der Waals surface area contributed by atoms with Gasteiger partial charge in [-0.25, -0.2) is 4.98 Å². The van der Waals surface area contributed by atoms with Crippen LogP contribution in [-0.2, 0) is 17.7 Å². The van der Waals surface area contributed by atoms with E-state index in [9.17, 15) is 4.79 Å². The number of aromatic nitrogens is 4. The third kappa shape index (κ3) is 4.15. The Hall–Kier alpha value is -2.56. The number of carbonyl (C=O) groups excluding carboxylic acids is 1. The lowest BCUT2D eigenvalue weighted by Crippen LogP contribution is -2.39. The van der Waals surface area contributed by atoms with Crippen molar-refractivity contribution in [2.24, 2.45) is 0 Å². The third-order valence-electron chi connectivity index (χ3n) is 5.82. The Balaban J connectivity index is 1.41. The summed E-state index contributed by atoms with van der Waals surface area (Å²) in [6, 6.07) is 5.81. The summed E-state index contributed by atoms with van der Waals surface area (Å²) in [7, 11) is 1.64. The van der Waals surface area contributed by atoms with Gasteiger partial charge < -0.3 is 14.0 Å². The van der Waals surface area contributed by atoms with Crippen LogP contribution in [0.1, 0.15) is 29.3 Å². The van der Waals surface area contributed by atoms with Crippen molar-refractivity contribution in [2.45, 2.75) is 25.8 Å². The maximum absolute atomic E-state index is 13.6. The van der Waals surface area contributed by atoms with E-state index in [0.717, 1.165) is 80.4 Å². The van der Waals surface area contributed by atoms with Crippen LogP contribution in [0.25, 0.3) is 10.2 Å². The van der Waals surface area contributed by atoms with Gasteiger partial charge in [-0.3, -0.25) is 14.6 Å². The number of hydrogen-bond acceptors (Lipinski definition) is 8. The molecule has 0 unspecified atom stereocenters. The van der Waals surface area contributed by atoms with Gasteiger partial charge in [0.1, 0.15) is 11.6 Å². The van der Waals surface area contributed by atoms with Crippen LogP contribution in [0.15, 0.2) is 18.2 Å². The molecular weight excluding hydrogens is 416 g/mol. The van der Waals surface area contributed by atoms with Crippen LogP contribution in [0.4, 0.5) is 5.13 Å². The van der Waals surface area contributed by atoms with Gasteiger partial charge in [-0.1, -0.05) is 11.3 Å². The molecule has 31 heavy (non-hydrogen) atoms. The number of carbonyl (C=O) groups is 1. The zero-order chi connectivity index (χ0) is 21.2. The molecule has 2 aliphatic heterocycles. The molecule has 1 fully saturated rings. The summed E-state index contributed by atoms with van der Waals surface area (Å²) in [6.45, 7) is 5.71. The average molecular weight is 443 g/mol. The average Bonchev–Trinajstić information content (AvgIpc) is 3.52. The molecule has 2 aromatic heterocycles. The van der Waals surface area contributed by atoms with Crippen molar-refractivity contribution in [2.75, 3.05) is 51.4 Å². The number of fused-ring (bicyclic) bond motifs is 2. The van der Waals surface area contributed by atoms with Gasteiger partial charge in [-0.2, -0.15) is 0 Å². The lowest BCUT2D eigenvalue weighted by atomic mass is 10.3. The Morgan fingerprint density at radius 3 is 2.97 bits per heavy atom. The lowest BCUT2D eigenvalue weighted by Gasteiger charge is -2.27. The minimum Gasteiger partial charge on any atom is -0.497 e. The van der Waals surface area contributed by atoms with E-state index in [1.54, 1.807) is 12.0 Å². The molecule has 0 radical (unpaired) electrons. The molecule has 0 saturated carbocycles. The molecule has 9 nitrogen and oxygen atoms in total. The van der Waals surface area contributed by atoms with Crippen LogP contribution in [0.5, 0.6) is 5.75 Å². The van der Waals surface area contributed by atoms with Crippen molar-refractivity contribution in [3.8, 4) is 5.75 Å². The molecule has 4 heterocycles. The summed E-state index contributed by atoms with van der Waals surface area (Å²) in [4.78, 5) is 22.5. The number of anilines is 1. The van der Waals surface area contributed by atoms with Crippen LogP contribution in [0.2, 0.25) is 0 Å². The molecule has 2 aliphatic rings. The van der Waals surface area contributed by atoms with Crippen molar-refractivity contribution in [1.82, 2.24) is 24.6 Å². The summed E-state index contributed by atoms with van der Waals surface area (Å²) >= 11 is 1.52. The highest BCUT2D eigenvalue weighted by Gasteiger charge is 2.29. The van der Waals surface area contributed by atoms with Crippen molar-refractivity contribution >= 4 is 32.6 Å². The highest BCUT2D eigenvalue weighted by atomic mass is 32.1. The zero-order valence-electron chi connectivity index (χ0n) is 17.6. The third-order valence-corrected chi connectivity index (χ3v) is 6.88. The molecule has 1 saturated heterocycles. The number of nitrogens with zero attached hydrogens (tertiary/aromatic N) is 6. The Kier molecular flexibility index (Phi) is 5.84. The van der Waals surface area contributed by atoms with Crippen molar-refractivity contribution in [1.29, 1.82) is 0 Å². The first-order valence-corrected chi connectivity index (χ1v) is 11.5. The first-order chi connectivity index (χ1) is 15.2. The first kappa shape index (κ1) is 20.3. The van der Waals surface area contributed by atoms with Crippen LogP contribution in [0, 0.1) is 0 Å². The molecule has 3 aromatic rings. The van der Waals surface area contributed by atoms with Gasteiger partial charge in [-0.15, -0.1) is 10.2 Å². The van der Waals surface area contributed by atoms with E-state index >= 15 is 0 Å². The van der Waals surface area contributed by atoms with Gasteiger partial charge in [0.05, 0.1) is 30.5 Å². The van der Waals surface area contributed by atoms with Crippen molar-refractivity contribution < 1.29 is 14.3 Å². The normalized spacial score (nSPS) is 16.5. The fraction of sp³-hybridized carbons (Fsp3) is 0.524. The summed E-state index contributed by atoms with van der Waals surface area (Å²) in [5.41, 5.74) is 0.830. The highest BCUT2D eigenvalue weighted by molar-refractivity contribution is 7.22. The highest BCUT2D eigenvalue weighted by Crippen LogP contribution is 2.32. The van der Waals surface area contributed by atoms with Crippen LogP contribution < -0.4 is 9.64 Å². The van der Waals surface area contributed by atoms with Crippen LogP contribution in [-0.4, -0.2) is 77.1 Å². The Morgan fingerprint density at radius 1 is 1.26 bits per heavy atom. The van der Waals surface area contributed by atoms with E-state index in [2.05, 4.69) is 15.1 Å². The smallest absolute Gasteiger partial charge is 0.298 e. The molecule has 0 atom stereocenters. The SMILES string of the molecule is COc1ccc2sc(N(CCCN3CCOCC3)C(=O)c3nnc4n3CCC4)nc2c1. The van der Waals surface area contributed by atoms with E-state index < -0.39 is 0 Å². The van der Waals surface area contributed by atoms with Gasteiger partial charge in [0.15, 0.2) is 5.13 Å². The van der Waals surface area contributed by atoms with E-state index in [1.807, 2.05) is 22.8 Å². The number of rotatable bonds is 7. The number of methoxy groups -OCH3 is 1.